The maximum absolute atomic E-state index is 4.87. The molecule has 5 rings (SSSR count). The normalized spacial score (nSPS) is 17.1. The fraction of sp³-hybridized carbons (Fsp3) is 0.385. The van der Waals surface area contributed by atoms with E-state index in [2.05, 4.69) is 54.3 Å². The number of pyridine rings is 2. The van der Waals surface area contributed by atoms with Crippen LogP contribution < -0.4 is 0 Å². The number of rotatable bonds is 6. The van der Waals surface area contributed by atoms with Crippen molar-refractivity contribution in [3.63, 3.8) is 0 Å². The van der Waals surface area contributed by atoms with Crippen LogP contribution in [-0.2, 0) is 19.4 Å². The molecule has 1 aromatic carbocycles. The van der Waals surface area contributed by atoms with Gasteiger partial charge in [0, 0.05) is 25.4 Å². The molecule has 0 spiro atoms. The molecule has 0 N–H and O–H groups in total. The van der Waals surface area contributed by atoms with Crippen molar-refractivity contribution in [1.82, 2.24) is 14.9 Å². The first-order valence-electron chi connectivity index (χ1n) is 11.1. The molecule has 1 unspecified atom stereocenters. The smallest absolute Gasteiger partial charge is 0.0607 e. The molecule has 3 nitrogen and oxygen atoms in total. The van der Waals surface area contributed by atoms with Crippen LogP contribution in [0.25, 0.3) is 11.1 Å². The molecule has 3 aromatic rings. The Hall–Kier alpha value is -2.52. The van der Waals surface area contributed by atoms with Crippen molar-refractivity contribution in [3.8, 4) is 11.1 Å². The minimum absolute atomic E-state index is 0.410. The largest absolute Gasteiger partial charge is 0.289 e. The number of hydrogen-bond donors (Lipinski definition) is 0. The third-order valence-electron chi connectivity index (χ3n) is 6.58. The molecule has 2 aliphatic rings. The van der Waals surface area contributed by atoms with E-state index >= 15 is 0 Å². The molecular formula is C26H29N3. The highest BCUT2D eigenvalue weighted by atomic mass is 15.2. The van der Waals surface area contributed by atoms with Gasteiger partial charge in [-0.2, -0.15) is 0 Å². The molecular weight excluding hydrogens is 354 g/mol. The summed E-state index contributed by atoms with van der Waals surface area (Å²) < 4.78 is 0. The molecule has 148 valence electrons. The van der Waals surface area contributed by atoms with Gasteiger partial charge in [-0.3, -0.25) is 14.9 Å². The van der Waals surface area contributed by atoms with Crippen molar-refractivity contribution in [2.75, 3.05) is 6.54 Å². The molecule has 0 radical (unpaired) electrons. The number of aryl methyl sites for hydroxylation is 1. The van der Waals surface area contributed by atoms with Crippen LogP contribution in [0.2, 0.25) is 0 Å². The molecule has 2 aliphatic carbocycles. The van der Waals surface area contributed by atoms with E-state index in [4.69, 9.17) is 9.97 Å². The molecule has 0 aliphatic heterocycles. The van der Waals surface area contributed by atoms with Gasteiger partial charge in [-0.25, -0.2) is 0 Å². The number of hydrogen-bond acceptors (Lipinski definition) is 3. The Morgan fingerprint density at radius 2 is 1.86 bits per heavy atom. The average molecular weight is 384 g/mol. The summed E-state index contributed by atoms with van der Waals surface area (Å²) >= 11 is 0. The monoisotopic (exact) mass is 383 g/mol. The first-order valence-corrected chi connectivity index (χ1v) is 11.1. The molecule has 2 heterocycles. The van der Waals surface area contributed by atoms with E-state index in [9.17, 15) is 0 Å². The van der Waals surface area contributed by atoms with Crippen molar-refractivity contribution in [2.24, 2.45) is 0 Å². The molecule has 1 atom stereocenters. The second-order valence-electron chi connectivity index (χ2n) is 8.40. The number of benzene rings is 1. The molecule has 0 fully saturated rings. The van der Waals surface area contributed by atoms with Crippen molar-refractivity contribution in [1.29, 1.82) is 0 Å². The first kappa shape index (κ1) is 18.5. The summed E-state index contributed by atoms with van der Waals surface area (Å²) in [5.41, 5.74) is 9.60. The van der Waals surface area contributed by atoms with Crippen LogP contribution in [0.1, 0.15) is 66.7 Å². The minimum Gasteiger partial charge on any atom is -0.289 e. The molecule has 3 heteroatoms. The van der Waals surface area contributed by atoms with Crippen LogP contribution in [-0.4, -0.2) is 21.4 Å². The molecule has 0 bridgehead atoms. The second kappa shape index (κ2) is 8.08. The van der Waals surface area contributed by atoms with Gasteiger partial charge in [-0.05, 0) is 72.2 Å². The van der Waals surface area contributed by atoms with E-state index < -0.39 is 0 Å². The molecule has 2 aromatic heterocycles. The van der Waals surface area contributed by atoms with Gasteiger partial charge in [0.15, 0.2) is 0 Å². The fourth-order valence-corrected chi connectivity index (χ4v) is 5.09. The van der Waals surface area contributed by atoms with Crippen LogP contribution in [0.5, 0.6) is 0 Å². The third-order valence-corrected chi connectivity index (χ3v) is 6.58. The van der Waals surface area contributed by atoms with Crippen molar-refractivity contribution >= 4 is 0 Å². The first-order chi connectivity index (χ1) is 14.3. The van der Waals surface area contributed by atoms with E-state index in [1.165, 1.54) is 64.9 Å². The van der Waals surface area contributed by atoms with Gasteiger partial charge < -0.3 is 0 Å². The second-order valence-corrected chi connectivity index (χ2v) is 8.40. The molecule has 29 heavy (non-hydrogen) atoms. The predicted octanol–water partition coefficient (Wildman–Crippen LogP) is 5.73. The zero-order valence-electron chi connectivity index (χ0n) is 17.3. The van der Waals surface area contributed by atoms with Gasteiger partial charge in [0.1, 0.15) is 0 Å². The van der Waals surface area contributed by atoms with Gasteiger partial charge in [0.05, 0.1) is 17.4 Å². The lowest BCUT2D eigenvalue weighted by Crippen LogP contribution is -2.33. The van der Waals surface area contributed by atoms with Gasteiger partial charge in [-0.1, -0.05) is 43.7 Å². The highest BCUT2D eigenvalue weighted by Gasteiger charge is 2.29. The van der Waals surface area contributed by atoms with Crippen LogP contribution in [0, 0.1) is 0 Å². The van der Waals surface area contributed by atoms with Crippen molar-refractivity contribution in [2.45, 2.75) is 58.0 Å². The predicted molar refractivity (Wildman–Crippen MR) is 118 cm³/mol. The topological polar surface area (TPSA) is 29.0 Å². The van der Waals surface area contributed by atoms with E-state index in [0.29, 0.717) is 6.04 Å². The van der Waals surface area contributed by atoms with E-state index in [1.54, 1.807) is 0 Å². The van der Waals surface area contributed by atoms with Gasteiger partial charge in [0.25, 0.3) is 0 Å². The highest BCUT2D eigenvalue weighted by molar-refractivity contribution is 5.77. The fourth-order valence-electron chi connectivity index (χ4n) is 5.09. The molecule has 0 saturated heterocycles. The number of nitrogens with zero attached hydrogens (tertiary/aromatic N) is 3. The number of fused-ring (bicyclic) bond motifs is 4. The summed E-state index contributed by atoms with van der Waals surface area (Å²) in [6, 6.07) is 15.8. The van der Waals surface area contributed by atoms with Crippen LogP contribution >= 0.6 is 0 Å². The van der Waals surface area contributed by atoms with E-state index in [1.807, 2.05) is 12.4 Å². The van der Waals surface area contributed by atoms with Gasteiger partial charge >= 0.3 is 0 Å². The standard InChI is InChI=1S/C26H29N3/c1-2-3-16-29(25-12-6-9-19-10-7-14-28-26(19)25)18-24-23-17-20-8-4-5-11-21(20)22(23)13-15-27-24/h4-5,7-8,10-11,13-15,25H,2-3,6,9,12,16-18H2,1H3. The molecule has 0 saturated carbocycles. The van der Waals surface area contributed by atoms with Crippen molar-refractivity contribution in [3.05, 3.63) is 82.9 Å². The summed E-state index contributed by atoms with van der Waals surface area (Å²) in [6.45, 7) is 4.30. The highest BCUT2D eigenvalue weighted by Crippen LogP contribution is 2.39. The van der Waals surface area contributed by atoms with Gasteiger partial charge in [0.2, 0.25) is 0 Å². The maximum atomic E-state index is 4.87. The lowest BCUT2D eigenvalue weighted by atomic mass is 9.90. The summed E-state index contributed by atoms with van der Waals surface area (Å²) in [5.74, 6) is 0. The Balaban J connectivity index is 1.48. The number of aromatic nitrogens is 2. The van der Waals surface area contributed by atoms with E-state index in [-0.39, 0.29) is 0 Å². The van der Waals surface area contributed by atoms with E-state index in [0.717, 1.165) is 25.9 Å². The summed E-state index contributed by atoms with van der Waals surface area (Å²) in [5, 5.41) is 0. The summed E-state index contributed by atoms with van der Waals surface area (Å²) in [4.78, 5) is 12.3. The quantitative estimate of drug-likeness (QED) is 0.426. The third kappa shape index (κ3) is 3.49. The average Bonchev–Trinajstić information content (AvgIpc) is 3.16. The zero-order valence-corrected chi connectivity index (χ0v) is 17.3. The van der Waals surface area contributed by atoms with Gasteiger partial charge in [-0.15, -0.1) is 0 Å². The lowest BCUT2D eigenvalue weighted by Gasteiger charge is -2.35. The zero-order chi connectivity index (χ0) is 19.6. The Morgan fingerprint density at radius 3 is 2.79 bits per heavy atom. The Bertz CT molecular complexity index is 1010. The SMILES string of the molecule is CCCCN(Cc1nccc2c1Cc1ccccc1-2)C1CCCc2cccnc21. The lowest BCUT2D eigenvalue weighted by molar-refractivity contribution is 0.161. The number of unbranched alkanes of at least 4 members (excludes halogenated alkanes) is 1. The van der Waals surface area contributed by atoms with Crippen molar-refractivity contribution < 1.29 is 0 Å². The van der Waals surface area contributed by atoms with Crippen LogP contribution in [0.4, 0.5) is 0 Å². The maximum Gasteiger partial charge on any atom is 0.0607 e. The Morgan fingerprint density at radius 1 is 0.966 bits per heavy atom. The summed E-state index contributed by atoms with van der Waals surface area (Å²) in [6.07, 6.45) is 11.0. The summed E-state index contributed by atoms with van der Waals surface area (Å²) in [7, 11) is 0. The Labute approximate surface area is 173 Å². The van der Waals surface area contributed by atoms with Crippen LogP contribution in [0.15, 0.2) is 54.9 Å². The van der Waals surface area contributed by atoms with Crippen LogP contribution in [0.3, 0.4) is 0 Å². The molecule has 0 amide bonds. The Kier molecular flexibility index (Phi) is 5.15. The minimum atomic E-state index is 0.410.